The van der Waals surface area contributed by atoms with Crippen LogP contribution in [-0.4, -0.2) is 40.7 Å². The summed E-state index contributed by atoms with van der Waals surface area (Å²) >= 11 is 0. The zero-order chi connectivity index (χ0) is 21.2. The van der Waals surface area contributed by atoms with Crippen LogP contribution in [0, 0.1) is 23.7 Å². The average Bonchev–Trinajstić information content (AvgIpc) is 3.13. The number of anilines is 2. The summed E-state index contributed by atoms with van der Waals surface area (Å²) in [5.74, 6) is 0.171. The highest BCUT2D eigenvalue weighted by atomic mass is 32.2. The number of fused-ring (bicyclic) bond motifs is 2. The molecule has 9 heteroatoms. The van der Waals surface area contributed by atoms with Crippen molar-refractivity contribution in [2.45, 2.75) is 46.5 Å². The number of nitrogens with zero attached hydrogens (tertiary/aromatic N) is 1. The van der Waals surface area contributed by atoms with Crippen molar-refractivity contribution in [1.29, 1.82) is 0 Å². The fourth-order valence-corrected chi connectivity index (χ4v) is 8.95. The van der Waals surface area contributed by atoms with E-state index in [1.807, 2.05) is 13.8 Å². The normalized spacial score (nSPS) is 30.1. The van der Waals surface area contributed by atoms with Crippen molar-refractivity contribution in [2.75, 3.05) is 27.1 Å². The molecule has 1 heterocycles. The van der Waals surface area contributed by atoms with Gasteiger partial charge in [0.2, 0.25) is 20.0 Å². The van der Waals surface area contributed by atoms with Crippen molar-refractivity contribution in [3.05, 3.63) is 23.8 Å². The summed E-state index contributed by atoms with van der Waals surface area (Å²) in [4.78, 5) is 12.7. The van der Waals surface area contributed by atoms with Crippen LogP contribution in [0.5, 0.6) is 0 Å². The number of carbonyl (C=O) groups is 1. The van der Waals surface area contributed by atoms with Crippen LogP contribution in [-0.2, 0) is 24.8 Å². The van der Waals surface area contributed by atoms with Crippen LogP contribution < -0.4 is 9.03 Å². The number of Topliss-reactive ketones (excluding diaryl/α,β-unsaturated/α-hetero) is 1. The van der Waals surface area contributed by atoms with Crippen molar-refractivity contribution < 1.29 is 21.6 Å². The summed E-state index contributed by atoms with van der Waals surface area (Å²) in [6.45, 7) is 6.18. The van der Waals surface area contributed by atoms with Gasteiger partial charge in [-0.05, 0) is 55.2 Å². The fraction of sp³-hybridized carbons (Fsp3) is 0.650. The minimum Gasteiger partial charge on any atom is -0.299 e. The zero-order valence-corrected chi connectivity index (χ0v) is 18.7. The Morgan fingerprint density at radius 2 is 2.00 bits per heavy atom. The second-order valence-corrected chi connectivity index (χ2v) is 13.0. The zero-order valence-electron chi connectivity index (χ0n) is 17.1. The van der Waals surface area contributed by atoms with Crippen molar-refractivity contribution in [3.8, 4) is 0 Å². The highest BCUT2D eigenvalue weighted by molar-refractivity contribution is 7.93. The van der Waals surface area contributed by atoms with E-state index in [-0.39, 0.29) is 28.6 Å². The fourth-order valence-electron chi connectivity index (χ4n) is 5.44. The standard InChI is InChI=1S/C20H28N2O5S2/c1-14-5-6-16(22-9-4-10-29(22,26)27)12-17(14)21-28(24,25)13-20-8-7-15(11-18(20)23)19(20,2)3/h5-6,12,15,21H,4,7-11,13H2,1-3H3. The van der Waals surface area contributed by atoms with Crippen LogP contribution in [0.15, 0.2) is 18.2 Å². The summed E-state index contributed by atoms with van der Waals surface area (Å²) in [5.41, 5.74) is 0.348. The van der Waals surface area contributed by atoms with Gasteiger partial charge in [0, 0.05) is 13.0 Å². The van der Waals surface area contributed by atoms with E-state index < -0.39 is 25.5 Å². The highest BCUT2D eigenvalue weighted by Gasteiger charge is 2.65. The van der Waals surface area contributed by atoms with Crippen LogP contribution in [0.1, 0.15) is 45.1 Å². The molecular weight excluding hydrogens is 412 g/mol. The highest BCUT2D eigenvalue weighted by Crippen LogP contribution is 2.64. The van der Waals surface area contributed by atoms with Gasteiger partial charge in [-0.25, -0.2) is 16.8 Å². The van der Waals surface area contributed by atoms with Crippen LogP contribution >= 0.6 is 0 Å². The van der Waals surface area contributed by atoms with E-state index in [9.17, 15) is 21.6 Å². The summed E-state index contributed by atoms with van der Waals surface area (Å²) in [7, 11) is -7.15. The van der Waals surface area contributed by atoms with E-state index in [0.717, 1.165) is 6.42 Å². The van der Waals surface area contributed by atoms with Gasteiger partial charge in [0.1, 0.15) is 5.78 Å². The Kier molecular flexibility index (Phi) is 4.59. The van der Waals surface area contributed by atoms with Crippen molar-refractivity contribution in [3.63, 3.8) is 0 Å². The summed E-state index contributed by atoms with van der Waals surface area (Å²) < 4.78 is 54.6. The molecule has 2 aliphatic carbocycles. The van der Waals surface area contributed by atoms with Gasteiger partial charge in [0.15, 0.2) is 0 Å². The third-order valence-electron chi connectivity index (χ3n) is 7.45. The quantitative estimate of drug-likeness (QED) is 0.759. The largest absolute Gasteiger partial charge is 0.299 e. The second kappa shape index (κ2) is 6.44. The Hall–Kier alpha value is -1.61. The predicted octanol–water partition coefficient (Wildman–Crippen LogP) is 2.67. The molecule has 2 unspecified atom stereocenters. The molecule has 1 aromatic rings. The maximum absolute atomic E-state index is 13.1. The first kappa shape index (κ1) is 20.7. The van der Waals surface area contributed by atoms with Gasteiger partial charge in [-0.15, -0.1) is 0 Å². The number of hydrogen-bond acceptors (Lipinski definition) is 5. The molecule has 160 valence electrons. The third-order valence-corrected chi connectivity index (χ3v) is 10.7. The van der Waals surface area contributed by atoms with E-state index in [1.54, 1.807) is 25.1 Å². The second-order valence-electron chi connectivity index (χ2n) is 9.27. The minimum absolute atomic E-state index is 0.0535. The lowest BCUT2D eigenvalue weighted by atomic mass is 9.70. The van der Waals surface area contributed by atoms with Gasteiger partial charge in [0.25, 0.3) is 0 Å². The van der Waals surface area contributed by atoms with Gasteiger partial charge in [-0.2, -0.15) is 0 Å². The van der Waals surface area contributed by atoms with Crippen LogP contribution in [0.2, 0.25) is 0 Å². The molecule has 1 saturated heterocycles. The van der Waals surface area contributed by atoms with Gasteiger partial charge >= 0.3 is 0 Å². The average molecular weight is 441 g/mol. The van der Waals surface area contributed by atoms with Crippen LogP contribution in [0.3, 0.4) is 0 Å². The third kappa shape index (κ3) is 3.17. The maximum atomic E-state index is 13.1. The SMILES string of the molecule is Cc1ccc(N2CCCS2(=O)=O)cc1NS(=O)(=O)CC12CCC(CC1=O)C2(C)C. The summed E-state index contributed by atoms with van der Waals surface area (Å²) in [6.07, 6.45) is 2.51. The molecule has 7 nitrogen and oxygen atoms in total. The first-order valence-electron chi connectivity index (χ1n) is 10.0. The van der Waals surface area contributed by atoms with Crippen LogP contribution in [0.25, 0.3) is 0 Å². The van der Waals surface area contributed by atoms with Crippen molar-refractivity contribution in [1.82, 2.24) is 0 Å². The number of ketones is 1. The Morgan fingerprint density at radius 3 is 2.55 bits per heavy atom. The molecule has 3 aliphatic rings. The van der Waals surface area contributed by atoms with Gasteiger partial charge in [-0.1, -0.05) is 19.9 Å². The molecule has 29 heavy (non-hydrogen) atoms. The molecule has 0 amide bonds. The lowest BCUT2D eigenvalue weighted by Gasteiger charge is -2.36. The number of benzene rings is 1. The molecular formula is C20H28N2O5S2. The summed E-state index contributed by atoms with van der Waals surface area (Å²) in [5, 5.41) is 0. The van der Waals surface area contributed by atoms with E-state index in [0.29, 0.717) is 42.7 Å². The Balaban J connectivity index is 1.62. The van der Waals surface area contributed by atoms with E-state index in [2.05, 4.69) is 4.72 Å². The number of carbonyl (C=O) groups excluding carboxylic acids is 1. The van der Waals surface area contributed by atoms with Crippen LogP contribution in [0.4, 0.5) is 11.4 Å². The number of nitrogens with one attached hydrogen (secondary N) is 1. The molecule has 1 aromatic carbocycles. The first-order valence-corrected chi connectivity index (χ1v) is 13.3. The molecule has 1 N–H and O–H groups in total. The predicted molar refractivity (Wildman–Crippen MR) is 113 cm³/mol. The van der Waals surface area contributed by atoms with Gasteiger partial charge < -0.3 is 0 Å². The lowest BCUT2D eigenvalue weighted by Crippen LogP contribution is -2.43. The van der Waals surface area contributed by atoms with Crippen molar-refractivity contribution in [2.24, 2.45) is 16.7 Å². The molecule has 4 rings (SSSR count). The maximum Gasteiger partial charge on any atom is 0.235 e. The molecule has 3 fully saturated rings. The molecule has 0 aromatic heterocycles. The Bertz CT molecular complexity index is 1080. The number of rotatable bonds is 5. The van der Waals surface area contributed by atoms with E-state index in [1.165, 1.54) is 4.31 Å². The van der Waals surface area contributed by atoms with Gasteiger partial charge in [0.05, 0.1) is 28.3 Å². The molecule has 2 bridgehead atoms. The molecule has 1 aliphatic heterocycles. The number of aryl methyl sites for hydroxylation is 1. The monoisotopic (exact) mass is 440 g/mol. The van der Waals surface area contributed by atoms with E-state index >= 15 is 0 Å². The Morgan fingerprint density at radius 1 is 1.28 bits per heavy atom. The number of hydrogen-bond donors (Lipinski definition) is 1. The number of sulfonamides is 2. The van der Waals surface area contributed by atoms with E-state index in [4.69, 9.17) is 0 Å². The Labute approximate surface area is 173 Å². The molecule has 0 radical (unpaired) electrons. The smallest absolute Gasteiger partial charge is 0.235 e. The summed E-state index contributed by atoms with van der Waals surface area (Å²) in [6, 6.07) is 4.99. The van der Waals surface area contributed by atoms with Crippen molar-refractivity contribution >= 4 is 37.2 Å². The molecule has 0 spiro atoms. The lowest BCUT2D eigenvalue weighted by molar-refractivity contribution is -0.128. The molecule has 2 atom stereocenters. The molecule has 2 saturated carbocycles. The topological polar surface area (TPSA) is 101 Å². The minimum atomic E-state index is -3.80. The van der Waals surface area contributed by atoms with Gasteiger partial charge in [-0.3, -0.25) is 13.8 Å². The first-order chi connectivity index (χ1) is 13.4.